The van der Waals surface area contributed by atoms with Crippen LogP contribution in [0.15, 0.2) is 71.6 Å². The maximum absolute atomic E-state index is 13.0. The first-order chi connectivity index (χ1) is 14.9. The first-order valence-corrected chi connectivity index (χ1v) is 12.1. The lowest BCUT2D eigenvalue weighted by atomic mass is 9.98. The van der Waals surface area contributed by atoms with Crippen molar-refractivity contribution in [2.75, 3.05) is 6.61 Å². The molecule has 0 radical (unpaired) electrons. The normalized spacial score (nSPS) is 12.6. The predicted octanol–water partition coefficient (Wildman–Crippen LogP) is 5.29. The van der Waals surface area contributed by atoms with Crippen LogP contribution in [0.3, 0.4) is 0 Å². The van der Waals surface area contributed by atoms with E-state index in [1.54, 1.807) is 31.2 Å². The van der Waals surface area contributed by atoms with Crippen LogP contribution < -0.4 is 4.72 Å². The molecule has 1 unspecified atom stereocenters. The summed E-state index contributed by atoms with van der Waals surface area (Å²) in [7, 11) is -3.68. The number of esters is 1. The number of benzene rings is 3. The molecule has 0 aliphatic carbocycles. The molecule has 0 saturated carbocycles. The Morgan fingerprint density at radius 3 is 2.39 bits per heavy atom. The molecule has 0 spiro atoms. The van der Waals surface area contributed by atoms with Gasteiger partial charge in [-0.15, -0.1) is 0 Å². The zero-order valence-electron chi connectivity index (χ0n) is 18.0. The first-order valence-electron chi connectivity index (χ1n) is 10.6. The Hall–Kier alpha value is -2.70. The SMILES string of the molecule is CCOC(=O)CCCCC(NS(=O)(=O)c1ccc(C)cc1)c1ccc2ccccc2c1. The van der Waals surface area contributed by atoms with Gasteiger partial charge in [0.05, 0.1) is 11.5 Å². The number of fused-ring (bicyclic) bond motifs is 1. The largest absolute Gasteiger partial charge is 0.466 e. The average Bonchev–Trinajstić information content (AvgIpc) is 2.76. The molecule has 0 amide bonds. The Bertz CT molecular complexity index is 1120. The van der Waals surface area contributed by atoms with E-state index in [4.69, 9.17) is 4.74 Å². The number of unbranched alkanes of at least 4 members (excludes halogenated alkanes) is 1. The van der Waals surface area contributed by atoms with Gasteiger partial charge in [0.25, 0.3) is 0 Å². The Labute approximate surface area is 184 Å². The molecule has 0 saturated heterocycles. The van der Waals surface area contributed by atoms with Crippen molar-refractivity contribution in [3.8, 4) is 0 Å². The van der Waals surface area contributed by atoms with E-state index in [-0.39, 0.29) is 10.9 Å². The molecule has 6 heteroatoms. The number of rotatable bonds is 10. The van der Waals surface area contributed by atoms with Crippen LogP contribution >= 0.6 is 0 Å². The van der Waals surface area contributed by atoms with Crippen LogP contribution in [0.5, 0.6) is 0 Å². The molecule has 0 heterocycles. The molecule has 0 bridgehead atoms. The molecule has 3 rings (SSSR count). The predicted molar refractivity (Wildman–Crippen MR) is 123 cm³/mol. The number of carbonyl (C=O) groups excluding carboxylic acids is 1. The first kappa shape index (κ1) is 23.0. The van der Waals surface area contributed by atoms with E-state index in [2.05, 4.69) is 4.72 Å². The Balaban J connectivity index is 1.80. The maximum Gasteiger partial charge on any atom is 0.305 e. The van der Waals surface area contributed by atoms with Gasteiger partial charge in [-0.3, -0.25) is 4.79 Å². The van der Waals surface area contributed by atoms with Gasteiger partial charge in [-0.2, -0.15) is 0 Å². The van der Waals surface area contributed by atoms with Crippen molar-refractivity contribution in [3.05, 3.63) is 77.9 Å². The summed E-state index contributed by atoms with van der Waals surface area (Å²) in [4.78, 5) is 11.9. The van der Waals surface area contributed by atoms with Crippen LogP contribution in [-0.4, -0.2) is 21.0 Å². The van der Waals surface area contributed by atoms with Crippen LogP contribution in [0.4, 0.5) is 0 Å². The van der Waals surface area contributed by atoms with Crippen LogP contribution in [0.2, 0.25) is 0 Å². The third-order valence-corrected chi connectivity index (χ3v) is 6.72. The summed E-state index contributed by atoms with van der Waals surface area (Å²) in [5.41, 5.74) is 1.91. The fourth-order valence-electron chi connectivity index (χ4n) is 3.54. The molecule has 0 fully saturated rings. The fraction of sp³-hybridized carbons (Fsp3) is 0.320. The van der Waals surface area contributed by atoms with Crippen molar-refractivity contribution < 1.29 is 17.9 Å². The third kappa shape index (κ3) is 6.39. The van der Waals surface area contributed by atoms with Gasteiger partial charge < -0.3 is 4.74 Å². The average molecular weight is 440 g/mol. The monoisotopic (exact) mass is 439 g/mol. The van der Waals surface area contributed by atoms with E-state index in [0.29, 0.717) is 32.3 Å². The Kier molecular flexibility index (Phi) is 7.82. The highest BCUT2D eigenvalue weighted by molar-refractivity contribution is 7.89. The van der Waals surface area contributed by atoms with E-state index in [0.717, 1.165) is 21.9 Å². The van der Waals surface area contributed by atoms with Crippen molar-refractivity contribution in [2.45, 2.75) is 50.5 Å². The number of nitrogens with one attached hydrogen (secondary N) is 1. The standard InChI is InChI=1S/C25H29NO4S/c1-3-30-25(27)11-7-6-10-24(22-15-14-20-8-4-5-9-21(20)18-22)26-31(28,29)23-16-12-19(2)13-17-23/h4-5,8-9,12-18,24,26H,3,6-7,10-11H2,1-2H3. The van der Waals surface area contributed by atoms with E-state index >= 15 is 0 Å². The lowest BCUT2D eigenvalue weighted by molar-refractivity contribution is -0.143. The smallest absolute Gasteiger partial charge is 0.305 e. The lowest BCUT2D eigenvalue weighted by Crippen LogP contribution is -2.28. The summed E-state index contributed by atoms with van der Waals surface area (Å²) in [6, 6.07) is 20.4. The second-order valence-corrected chi connectivity index (χ2v) is 9.36. The van der Waals surface area contributed by atoms with Crippen molar-refractivity contribution in [1.82, 2.24) is 4.72 Å². The highest BCUT2D eigenvalue weighted by Crippen LogP contribution is 2.26. The van der Waals surface area contributed by atoms with Gasteiger partial charge >= 0.3 is 5.97 Å². The van der Waals surface area contributed by atoms with Gasteiger partial charge in [-0.05, 0) is 61.2 Å². The molecule has 1 N–H and O–H groups in total. The summed E-state index contributed by atoms with van der Waals surface area (Å²) in [5, 5.41) is 2.17. The second-order valence-electron chi connectivity index (χ2n) is 7.64. The summed E-state index contributed by atoms with van der Waals surface area (Å²) in [6.07, 6.45) is 2.27. The van der Waals surface area contributed by atoms with Crippen LogP contribution in [0.1, 0.15) is 49.8 Å². The van der Waals surface area contributed by atoms with Gasteiger partial charge in [0.15, 0.2) is 0 Å². The van der Waals surface area contributed by atoms with E-state index in [1.165, 1.54) is 0 Å². The number of carbonyl (C=O) groups is 1. The number of ether oxygens (including phenoxy) is 1. The molecule has 31 heavy (non-hydrogen) atoms. The van der Waals surface area contributed by atoms with Gasteiger partial charge in [-0.25, -0.2) is 13.1 Å². The summed E-state index contributed by atoms with van der Waals surface area (Å²) in [5.74, 6) is -0.218. The number of hydrogen-bond acceptors (Lipinski definition) is 4. The zero-order chi connectivity index (χ0) is 22.3. The number of hydrogen-bond donors (Lipinski definition) is 1. The lowest BCUT2D eigenvalue weighted by Gasteiger charge is -2.20. The van der Waals surface area contributed by atoms with Crippen molar-refractivity contribution in [3.63, 3.8) is 0 Å². The van der Waals surface area contributed by atoms with E-state index in [9.17, 15) is 13.2 Å². The minimum atomic E-state index is -3.68. The minimum Gasteiger partial charge on any atom is -0.466 e. The second kappa shape index (κ2) is 10.6. The summed E-state index contributed by atoms with van der Waals surface area (Å²) in [6.45, 7) is 4.08. The molecule has 1 atom stereocenters. The molecular formula is C25H29NO4S. The molecule has 0 aliphatic heterocycles. The van der Waals surface area contributed by atoms with Crippen LogP contribution in [0.25, 0.3) is 10.8 Å². The molecule has 164 valence electrons. The topological polar surface area (TPSA) is 72.5 Å². The van der Waals surface area contributed by atoms with Crippen molar-refractivity contribution in [2.24, 2.45) is 0 Å². The zero-order valence-corrected chi connectivity index (χ0v) is 18.8. The molecular weight excluding hydrogens is 410 g/mol. The highest BCUT2D eigenvalue weighted by Gasteiger charge is 2.21. The Morgan fingerprint density at radius 1 is 0.968 bits per heavy atom. The molecule has 0 aliphatic rings. The molecule has 3 aromatic rings. The van der Waals surface area contributed by atoms with E-state index < -0.39 is 16.1 Å². The summed E-state index contributed by atoms with van der Waals surface area (Å²) >= 11 is 0. The molecule has 5 nitrogen and oxygen atoms in total. The van der Waals surface area contributed by atoms with Gasteiger partial charge in [0, 0.05) is 12.5 Å². The number of sulfonamides is 1. The van der Waals surface area contributed by atoms with Gasteiger partial charge in [0.2, 0.25) is 10.0 Å². The number of aryl methyl sites for hydroxylation is 1. The van der Waals surface area contributed by atoms with Gasteiger partial charge in [-0.1, -0.05) is 60.5 Å². The Morgan fingerprint density at radius 2 is 1.68 bits per heavy atom. The van der Waals surface area contributed by atoms with Crippen molar-refractivity contribution >= 4 is 26.8 Å². The molecule has 3 aromatic carbocycles. The quantitative estimate of drug-likeness (QED) is 0.344. The summed E-state index contributed by atoms with van der Waals surface area (Å²) < 4.78 is 33.9. The fourth-order valence-corrected chi connectivity index (χ4v) is 4.80. The van der Waals surface area contributed by atoms with Crippen molar-refractivity contribution in [1.29, 1.82) is 0 Å². The van der Waals surface area contributed by atoms with Crippen LogP contribution in [-0.2, 0) is 19.6 Å². The van der Waals surface area contributed by atoms with Crippen LogP contribution in [0, 0.1) is 6.92 Å². The van der Waals surface area contributed by atoms with E-state index in [1.807, 2.05) is 49.4 Å². The third-order valence-electron chi connectivity index (χ3n) is 5.23. The van der Waals surface area contributed by atoms with Gasteiger partial charge in [0.1, 0.15) is 0 Å². The maximum atomic E-state index is 13.0. The minimum absolute atomic E-state index is 0.218. The highest BCUT2D eigenvalue weighted by atomic mass is 32.2. The molecule has 0 aromatic heterocycles.